The molecule has 1 aliphatic rings. The normalized spacial score (nSPS) is 22.2. The van der Waals surface area contributed by atoms with Gasteiger partial charge >= 0.3 is 5.97 Å². The zero-order valence-electron chi connectivity index (χ0n) is 11.8. The van der Waals surface area contributed by atoms with Crippen molar-refractivity contribution < 1.29 is 9.53 Å². The van der Waals surface area contributed by atoms with Gasteiger partial charge in [0.25, 0.3) is 0 Å². The maximum Gasteiger partial charge on any atom is 0.307 e. The Morgan fingerprint density at radius 2 is 2.28 bits per heavy atom. The minimum absolute atomic E-state index is 0.107. The number of esters is 1. The second kappa shape index (κ2) is 9.34. The van der Waals surface area contributed by atoms with Crippen molar-refractivity contribution in [1.82, 2.24) is 10.6 Å². The number of carbonyl (C=O) groups excluding carboxylic acids is 1. The van der Waals surface area contributed by atoms with Crippen LogP contribution >= 0.6 is 0 Å². The van der Waals surface area contributed by atoms with Crippen LogP contribution in [0, 0.1) is 0 Å². The summed E-state index contributed by atoms with van der Waals surface area (Å²) in [5.74, 6) is -0.107. The van der Waals surface area contributed by atoms with Gasteiger partial charge in [-0.1, -0.05) is 12.8 Å². The van der Waals surface area contributed by atoms with E-state index in [1.807, 2.05) is 6.92 Å². The van der Waals surface area contributed by atoms with Gasteiger partial charge in [-0.2, -0.15) is 0 Å². The van der Waals surface area contributed by atoms with E-state index in [-0.39, 0.29) is 5.97 Å². The molecule has 0 spiro atoms. The SMILES string of the molecule is CCOC(=O)CCNC(C)CC1CCCCCN1. The highest BCUT2D eigenvalue weighted by atomic mass is 16.5. The summed E-state index contributed by atoms with van der Waals surface area (Å²) in [6.07, 6.45) is 6.89. The minimum Gasteiger partial charge on any atom is -0.466 e. The molecule has 0 aliphatic carbocycles. The smallest absolute Gasteiger partial charge is 0.307 e. The number of rotatable bonds is 7. The second-order valence-corrected chi connectivity index (χ2v) is 5.15. The van der Waals surface area contributed by atoms with E-state index in [1.54, 1.807) is 0 Å². The lowest BCUT2D eigenvalue weighted by molar-refractivity contribution is -0.142. The molecular formula is C14H28N2O2. The number of carbonyl (C=O) groups is 1. The summed E-state index contributed by atoms with van der Waals surface area (Å²) in [6.45, 7) is 6.37. The Bertz CT molecular complexity index is 226. The summed E-state index contributed by atoms with van der Waals surface area (Å²) in [7, 11) is 0. The van der Waals surface area contributed by atoms with Crippen molar-refractivity contribution in [3.8, 4) is 0 Å². The molecule has 1 rings (SSSR count). The van der Waals surface area contributed by atoms with Crippen LogP contribution in [0.3, 0.4) is 0 Å². The van der Waals surface area contributed by atoms with E-state index in [4.69, 9.17) is 4.74 Å². The molecule has 1 fully saturated rings. The average molecular weight is 256 g/mol. The average Bonchev–Trinajstić information content (AvgIpc) is 2.58. The molecule has 0 aromatic rings. The topological polar surface area (TPSA) is 50.4 Å². The van der Waals surface area contributed by atoms with Gasteiger partial charge in [0.2, 0.25) is 0 Å². The largest absolute Gasteiger partial charge is 0.466 e. The van der Waals surface area contributed by atoms with Gasteiger partial charge in [-0.15, -0.1) is 0 Å². The maximum absolute atomic E-state index is 11.2. The third-order valence-electron chi connectivity index (χ3n) is 3.43. The first kappa shape index (κ1) is 15.4. The lowest BCUT2D eigenvalue weighted by Crippen LogP contribution is -2.37. The molecule has 2 unspecified atom stereocenters. The Hall–Kier alpha value is -0.610. The van der Waals surface area contributed by atoms with Gasteiger partial charge in [0, 0.05) is 18.6 Å². The van der Waals surface area contributed by atoms with Crippen LogP contribution in [0.1, 0.15) is 52.4 Å². The lowest BCUT2D eigenvalue weighted by Gasteiger charge is -2.21. The number of hydrogen-bond donors (Lipinski definition) is 2. The Kier molecular flexibility index (Phi) is 8.01. The summed E-state index contributed by atoms with van der Waals surface area (Å²) in [5.41, 5.74) is 0. The van der Waals surface area contributed by atoms with Crippen molar-refractivity contribution in [3.63, 3.8) is 0 Å². The Labute approximate surface area is 111 Å². The van der Waals surface area contributed by atoms with Crippen LogP contribution in [0.5, 0.6) is 0 Å². The monoisotopic (exact) mass is 256 g/mol. The molecule has 0 amide bonds. The molecule has 2 atom stereocenters. The fraction of sp³-hybridized carbons (Fsp3) is 0.929. The highest BCUT2D eigenvalue weighted by Crippen LogP contribution is 2.12. The van der Waals surface area contributed by atoms with Gasteiger partial charge in [0.05, 0.1) is 13.0 Å². The molecule has 0 radical (unpaired) electrons. The zero-order chi connectivity index (χ0) is 13.2. The summed E-state index contributed by atoms with van der Waals surface area (Å²) in [6, 6.07) is 1.09. The van der Waals surface area contributed by atoms with Crippen LogP contribution < -0.4 is 10.6 Å². The van der Waals surface area contributed by atoms with Crippen LogP contribution in [0.4, 0.5) is 0 Å². The molecule has 18 heavy (non-hydrogen) atoms. The zero-order valence-corrected chi connectivity index (χ0v) is 11.8. The summed E-state index contributed by atoms with van der Waals surface area (Å²) in [4.78, 5) is 11.2. The Morgan fingerprint density at radius 1 is 1.44 bits per heavy atom. The Balaban J connectivity index is 2.08. The van der Waals surface area contributed by atoms with Crippen LogP contribution in [-0.2, 0) is 9.53 Å². The van der Waals surface area contributed by atoms with Crippen LogP contribution in [-0.4, -0.2) is 37.7 Å². The molecule has 1 aliphatic heterocycles. The molecule has 106 valence electrons. The van der Waals surface area contributed by atoms with E-state index >= 15 is 0 Å². The molecule has 2 N–H and O–H groups in total. The van der Waals surface area contributed by atoms with Gasteiger partial charge in [0.1, 0.15) is 0 Å². The van der Waals surface area contributed by atoms with E-state index in [1.165, 1.54) is 25.7 Å². The van der Waals surface area contributed by atoms with Gasteiger partial charge in [-0.25, -0.2) is 0 Å². The molecular weight excluding hydrogens is 228 g/mol. The minimum atomic E-state index is -0.107. The molecule has 4 heteroatoms. The molecule has 0 aromatic heterocycles. The molecule has 0 aromatic carbocycles. The van der Waals surface area contributed by atoms with Gasteiger partial charge in [-0.05, 0) is 39.7 Å². The predicted octanol–water partition coefficient (Wildman–Crippen LogP) is 1.84. The van der Waals surface area contributed by atoms with Crippen molar-refractivity contribution in [3.05, 3.63) is 0 Å². The number of hydrogen-bond acceptors (Lipinski definition) is 4. The highest BCUT2D eigenvalue weighted by molar-refractivity contribution is 5.69. The van der Waals surface area contributed by atoms with Crippen LogP contribution in [0.15, 0.2) is 0 Å². The third-order valence-corrected chi connectivity index (χ3v) is 3.43. The van der Waals surface area contributed by atoms with Crippen LogP contribution in [0.2, 0.25) is 0 Å². The van der Waals surface area contributed by atoms with Gasteiger partial charge < -0.3 is 15.4 Å². The molecule has 0 bridgehead atoms. The third kappa shape index (κ3) is 6.97. The van der Waals surface area contributed by atoms with E-state index in [2.05, 4.69) is 17.6 Å². The van der Waals surface area contributed by atoms with Crippen LogP contribution in [0.25, 0.3) is 0 Å². The summed E-state index contributed by atoms with van der Waals surface area (Å²) < 4.78 is 4.90. The van der Waals surface area contributed by atoms with Crippen molar-refractivity contribution >= 4 is 5.97 Å². The van der Waals surface area contributed by atoms with E-state index in [9.17, 15) is 4.79 Å². The number of ether oxygens (including phenoxy) is 1. The standard InChI is InChI=1S/C14H28N2O2/c1-3-18-14(17)8-10-15-12(2)11-13-7-5-4-6-9-16-13/h12-13,15-16H,3-11H2,1-2H3. The van der Waals surface area contributed by atoms with Gasteiger partial charge in [0.15, 0.2) is 0 Å². The summed E-state index contributed by atoms with van der Waals surface area (Å²) in [5, 5.41) is 7.00. The van der Waals surface area contributed by atoms with E-state index in [0.717, 1.165) is 13.0 Å². The molecule has 1 saturated heterocycles. The Morgan fingerprint density at radius 3 is 3.06 bits per heavy atom. The second-order valence-electron chi connectivity index (χ2n) is 5.15. The van der Waals surface area contributed by atoms with Crippen molar-refractivity contribution in [2.24, 2.45) is 0 Å². The van der Waals surface area contributed by atoms with Crippen molar-refractivity contribution in [2.45, 2.75) is 64.5 Å². The highest BCUT2D eigenvalue weighted by Gasteiger charge is 2.14. The molecule has 4 nitrogen and oxygen atoms in total. The predicted molar refractivity (Wildman–Crippen MR) is 73.6 cm³/mol. The molecule has 0 saturated carbocycles. The maximum atomic E-state index is 11.2. The number of nitrogens with one attached hydrogen (secondary N) is 2. The van der Waals surface area contributed by atoms with Gasteiger partial charge in [-0.3, -0.25) is 4.79 Å². The first-order chi connectivity index (χ1) is 8.72. The fourth-order valence-corrected chi connectivity index (χ4v) is 2.47. The first-order valence-corrected chi connectivity index (χ1v) is 7.34. The van der Waals surface area contributed by atoms with E-state index < -0.39 is 0 Å². The van der Waals surface area contributed by atoms with Crippen molar-refractivity contribution in [1.29, 1.82) is 0 Å². The quantitative estimate of drug-likeness (QED) is 0.682. The van der Waals surface area contributed by atoms with E-state index in [0.29, 0.717) is 31.7 Å². The van der Waals surface area contributed by atoms with Crippen molar-refractivity contribution in [2.75, 3.05) is 19.7 Å². The summed E-state index contributed by atoms with van der Waals surface area (Å²) >= 11 is 0. The fourth-order valence-electron chi connectivity index (χ4n) is 2.47. The first-order valence-electron chi connectivity index (χ1n) is 7.34. The molecule has 1 heterocycles. The lowest BCUT2D eigenvalue weighted by atomic mass is 10.0.